The van der Waals surface area contributed by atoms with Gasteiger partial charge in [0.15, 0.2) is 5.17 Å². The van der Waals surface area contributed by atoms with Crippen LogP contribution in [0, 0.1) is 0 Å². The highest BCUT2D eigenvalue weighted by Crippen LogP contribution is 2.36. The number of benzene rings is 2. The van der Waals surface area contributed by atoms with E-state index in [1.54, 1.807) is 19.1 Å². The lowest BCUT2D eigenvalue weighted by molar-refractivity contribution is -0.121. The largest absolute Gasteiger partial charge is 0.497 e. The molecule has 0 aromatic heterocycles. The van der Waals surface area contributed by atoms with E-state index >= 15 is 0 Å². The molecule has 7 heteroatoms. The monoisotopic (exact) mass is 439 g/mol. The van der Waals surface area contributed by atoms with E-state index in [0.717, 1.165) is 41.5 Å². The van der Waals surface area contributed by atoms with Crippen molar-refractivity contribution in [2.24, 2.45) is 4.99 Å². The van der Waals surface area contributed by atoms with Crippen molar-refractivity contribution in [3.05, 3.63) is 52.9 Å². The van der Waals surface area contributed by atoms with Gasteiger partial charge in [-0.25, -0.2) is 4.99 Å². The number of amides is 1. The third kappa shape index (κ3) is 5.22. The third-order valence-corrected chi connectivity index (χ3v) is 6.07. The van der Waals surface area contributed by atoms with Crippen LogP contribution in [0.25, 0.3) is 6.08 Å². The molecule has 6 nitrogen and oxygen atoms in total. The first-order valence-corrected chi connectivity index (χ1v) is 11.2. The highest BCUT2D eigenvalue weighted by molar-refractivity contribution is 8.18. The van der Waals surface area contributed by atoms with E-state index in [4.69, 9.17) is 9.47 Å². The Labute approximate surface area is 188 Å². The summed E-state index contributed by atoms with van der Waals surface area (Å²) in [5.74, 6) is 1.47. The van der Waals surface area contributed by atoms with Crippen molar-refractivity contribution >= 4 is 40.3 Å². The standard InChI is InChI=1S/C24H29N3O3S/c1-6-27(7-2)19-12-9-17(21(16-19)30-8-3)15-22-23(28)26(4)24(31-22)25-18-10-13-20(29-5)14-11-18/h9-16H,6-8H2,1-5H3/b22-15-,25-24?. The van der Waals surface area contributed by atoms with E-state index in [-0.39, 0.29) is 5.91 Å². The van der Waals surface area contributed by atoms with Crippen molar-refractivity contribution in [3.8, 4) is 11.5 Å². The van der Waals surface area contributed by atoms with E-state index in [2.05, 4.69) is 29.8 Å². The molecule has 1 heterocycles. The number of thioether (sulfide) groups is 1. The van der Waals surface area contributed by atoms with Crippen molar-refractivity contribution in [1.29, 1.82) is 0 Å². The molecule has 0 spiro atoms. The normalized spacial score (nSPS) is 16.3. The van der Waals surface area contributed by atoms with Crippen molar-refractivity contribution in [3.63, 3.8) is 0 Å². The van der Waals surface area contributed by atoms with Crippen molar-refractivity contribution in [1.82, 2.24) is 4.90 Å². The van der Waals surface area contributed by atoms with Gasteiger partial charge in [0.25, 0.3) is 5.91 Å². The molecule has 1 fully saturated rings. The summed E-state index contributed by atoms with van der Waals surface area (Å²) >= 11 is 1.36. The van der Waals surface area contributed by atoms with E-state index in [0.29, 0.717) is 16.7 Å². The summed E-state index contributed by atoms with van der Waals surface area (Å²) < 4.78 is 11.1. The zero-order valence-corrected chi connectivity index (χ0v) is 19.5. The Hall–Kier alpha value is -2.93. The Kier molecular flexibility index (Phi) is 7.63. The van der Waals surface area contributed by atoms with E-state index < -0.39 is 0 Å². The van der Waals surface area contributed by atoms with Crippen LogP contribution < -0.4 is 14.4 Å². The van der Waals surface area contributed by atoms with E-state index in [1.165, 1.54) is 11.8 Å². The minimum Gasteiger partial charge on any atom is -0.497 e. The second-order valence-electron chi connectivity index (χ2n) is 6.89. The number of carbonyl (C=O) groups excluding carboxylic acids is 1. The fraction of sp³-hybridized carbons (Fsp3) is 0.333. The van der Waals surface area contributed by atoms with Crippen LogP contribution in [0.5, 0.6) is 11.5 Å². The van der Waals surface area contributed by atoms with Crippen LogP contribution >= 0.6 is 11.8 Å². The minimum atomic E-state index is -0.0764. The van der Waals surface area contributed by atoms with Crippen LogP contribution in [0.1, 0.15) is 26.3 Å². The molecule has 0 atom stereocenters. The highest BCUT2D eigenvalue weighted by Gasteiger charge is 2.30. The zero-order chi connectivity index (χ0) is 22.4. The number of ether oxygens (including phenoxy) is 2. The van der Waals surface area contributed by atoms with Crippen LogP contribution in [-0.4, -0.2) is 49.8 Å². The molecule has 2 aromatic carbocycles. The summed E-state index contributed by atoms with van der Waals surface area (Å²) in [5.41, 5.74) is 2.76. The molecular formula is C24H29N3O3S. The summed E-state index contributed by atoms with van der Waals surface area (Å²) in [6, 6.07) is 13.6. The van der Waals surface area contributed by atoms with Gasteiger partial charge >= 0.3 is 0 Å². The topological polar surface area (TPSA) is 54.4 Å². The number of carbonyl (C=O) groups is 1. The van der Waals surface area contributed by atoms with Gasteiger partial charge in [-0.15, -0.1) is 0 Å². The predicted molar refractivity (Wildman–Crippen MR) is 130 cm³/mol. The molecule has 2 aromatic rings. The summed E-state index contributed by atoms with van der Waals surface area (Å²) in [6.45, 7) is 8.63. The number of aliphatic imine (C=N–C) groups is 1. The van der Waals surface area contributed by atoms with Gasteiger partial charge in [-0.05, 0) is 75.0 Å². The van der Waals surface area contributed by atoms with Gasteiger partial charge in [0, 0.05) is 37.5 Å². The Balaban J connectivity index is 1.90. The first kappa shape index (κ1) is 22.7. The molecule has 1 aliphatic rings. The van der Waals surface area contributed by atoms with Crippen LogP contribution in [0.4, 0.5) is 11.4 Å². The highest BCUT2D eigenvalue weighted by atomic mass is 32.2. The quantitative estimate of drug-likeness (QED) is 0.531. The smallest absolute Gasteiger partial charge is 0.266 e. The Morgan fingerprint density at radius 2 is 1.81 bits per heavy atom. The maximum Gasteiger partial charge on any atom is 0.266 e. The molecule has 1 aliphatic heterocycles. The lowest BCUT2D eigenvalue weighted by Crippen LogP contribution is -2.23. The van der Waals surface area contributed by atoms with Gasteiger partial charge in [0.05, 0.1) is 24.3 Å². The fourth-order valence-corrected chi connectivity index (χ4v) is 4.25. The van der Waals surface area contributed by atoms with Crippen LogP contribution in [0.15, 0.2) is 52.4 Å². The number of rotatable bonds is 8. The fourth-order valence-electron chi connectivity index (χ4n) is 3.27. The molecular weight excluding hydrogens is 410 g/mol. The lowest BCUT2D eigenvalue weighted by Gasteiger charge is -2.22. The summed E-state index contributed by atoms with van der Waals surface area (Å²) in [7, 11) is 3.37. The molecule has 0 radical (unpaired) electrons. The Morgan fingerprint density at radius 1 is 1.10 bits per heavy atom. The molecule has 0 N–H and O–H groups in total. The van der Waals surface area contributed by atoms with Crippen molar-refractivity contribution in [2.75, 3.05) is 38.8 Å². The third-order valence-electron chi connectivity index (χ3n) is 5.01. The van der Waals surface area contributed by atoms with Gasteiger partial charge in [-0.3, -0.25) is 9.69 Å². The number of anilines is 1. The van der Waals surface area contributed by atoms with Gasteiger partial charge in [-0.1, -0.05) is 0 Å². The lowest BCUT2D eigenvalue weighted by atomic mass is 10.1. The molecule has 0 saturated carbocycles. The second kappa shape index (κ2) is 10.4. The van der Waals surface area contributed by atoms with Gasteiger partial charge in [-0.2, -0.15) is 0 Å². The van der Waals surface area contributed by atoms with Gasteiger partial charge in [0.1, 0.15) is 11.5 Å². The maximum atomic E-state index is 12.8. The second-order valence-corrected chi connectivity index (χ2v) is 7.90. The van der Waals surface area contributed by atoms with Crippen LogP contribution in [0.3, 0.4) is 0 Å². The maximum absolute atomic E-state index is 12.8. The summed E-state index contributed by atoms with van der Waals surface area (Å²) in [4.78, 5) is 21.9. The summed E-state index contributed by atoms with van der Waals surface area (Å²) in [5, 5.41) is 0.638. The molecule has 164 valence electrons. The molecule has 31 heavy (non-hydrogen) atoms. The predicted octanol–water partition coefficient (Wildman–Crippen LogP) is 5.17. The number of likely N-dealkylation sites (N-methyl/N-ethyl adjacent to an activating group) is 1. The minimum absolute atomic E-state index is 0.0764. The van der Waals surface area contributed by atoms with E-state index in [1.807, 2.05) is 49.4 Å². The molecule has 1 amide bonds. The Morgan fingerprint density at radius 3 is 2.42 bits per heavy atom. The number of nitrogens with zero attached hydrogens (tertiary/aromatic N) is 3. The number of hydrogen-bond acceptors (Lipinski definition) is 6. The molecule has 0 bridgehead atoms. The molecule has 1 saturated heterocycles. The molecule has 0 unspecified atom stereocenters. The van der Waals surface area contributed by atoms with E-state index in [9.17, 15) is 4.79 Å². The van der Waals surface area contributed by atoms with Crippen molar-refractivity contribution < 1.29 is 14.3 Å². The molecule has 3 rings (SSSR count). The van der Waals surface area contributed by atoms with Gasteiger partial charge in [0.2, 0.25) is 0 Å². The first-order chi connectivity index (χ1) is 15.0. The number of hydrogen-bond donors (Lipinski definition) is 0. The summed E-state index contributed by atoms with van der Waals surface area (Å²) in [6.07, 6.45) is 1.89. The number of methoxy groups -OCH3 is 1. The van der Waals surface area contributed by atoms with Gasteiger partial charge < -0.3 is 14.4 Å². The average Bonchev–Trinajstić information content (AvgIpc) is 3.04. The zero-order valence-electron chi connectivity index (χ0n) is 18.7. The SMILES string of the molecule is CCOc1cc(N(CC)CC)ccc1/C=C1\SC(=Nc2ccc(OC)cc2)N(C)C1=O. The Bertz CT molecular complexity index is 982. The van der Waals surface area contributed by atoms with Crippen molar-refractivity contribution in [2.45, 2.75) is 20.8 Å². The number of amidine groups is 1. The van der Waals surface area contributed by atoms with Crippen LogP contribution in [0.2, 0.25) is 0 Å². The molecule has 0 aliphatic carbocycles. The van der Waals surface area contributed by atoms with Crippen LogP contribution in [-0.2, 0) is 4.79 Å². The first-order valence-electron chi connectivity index (χ1n) is 10.4. The average molecular weight is 440 g/mol.